The summed E-state index contributed by atoms with van der Waals surface area (Å²) in [5, 5.41) is 6.95. The summed E-state index contributed by atoms with van der Waals surface area (Å²) in [6.45, 7) is 5.97. The molecule has 1 aromatic carbocycles. The second kappa shape index (κ2) is 11.2. The minimum absolute atomic E-state index is 0. The first-order valence-electron chi connectivity index (χ1n) is 8.02. The highest BCUT2D eigenvalue weighted by Gasteiger charge is 2.14. The topological polar surface area (TPSA) is 36.4 Å². The Bertz CT molecular complexity index is 459. The molecular formula is C17H28IN3S. The number of guanidine groups is 1. The summed E-state index contributed by atoms with van der Waals surface area (Å²) in [5.74, 6) is 3.45. The summed E-state index contributed by atoms with van der Waals surface area (Å²) in [6, 6.07) is 9.14. The lowest BCUT2D eigenvalue weighted by Gasteiger charge is -2.24. The minimum Gasteiger partial charge on any atom is -0.357 e. The van der Waals surface area contributed by atoms with E-state index >= 15 is 0 Å². The Balaban J connectivity index is 0.00000242. The number of aryl methyl sites for hydroxylation is 1. The molecule has 2 N–H and O–H groups in total. The van der Waals surface area contributed by atoms with Crippen LogP contribution in [0, 0.1) is 0 Å². The number of nitrogens with one attached hydrogen (secondary N) is 2. The van der Waals surface area contributed by atoms with Crippen LogP contribution in [0.15, 0.2) is 29.3 Å². The first kappa shape index (κ1) is 19.6. The molecule has 0 amide bonds. The fourth-order valence-corrected chi connectivity index (χ4v) is 3.66. The van der Waals surface area contributed by atoms with Crippen LogP contribution in [0.3, 0.4) is 0 Å². The Labute approximate surface area is 156 Å². The molecule has 0 radical (unpaired) electrons. The van der Waals surface area contributed by atoms with Crippen molar-refractivity contribution in [2.75, 3.05) is 18.1 Å². The number of hydrogen-bond donors (Lipinski definition) is 2. The van der Waals surface area contributed by atoms with Gasteiger partial charge in [0.05, 0.1) is 6.54 Å². The maximum atomic E-state index is 4.77. The zero-order valence-electron chi connectivity index (χ0n) is 13.6. The molecule has 0 aromatic heterocycles. The molecule has 124 valence electrons. The fourth-order valence-electron chi connectivity index (χ4n) is 2.59. The van der Waals surface area contributed by atoms with Gasteiger partial charge in [-0.2, -0.15) is 11.8 Å². The number of benzene rings is 1. The average molecular weight is 433 g/mol. The van der Waals surface area contributed by atoms with Crippen LogP contribution < -0.4 is 10.6 Å². The summed E-state index contributed by atoms with van der Waals surface area (Å²) >= 11 is 2.04. The van der Waals surface area contributed by atoms with Gasteiger partial charge in [0.15, 0.2) is 5.96 Å². The third-order valence-electron chi connectivity index (χ3n) is 3.75. The van der Waals surface area contributed by atoms with Crippen LogP contribution in [0.5, 0.6) is 0 Å². The van der Waals surface area contributed by atoms with Gasteiger partial charge < -0.3 is 10.6 Å². The number of nitrogens with zero attached hydrogens (tertiary/aromatic N) is 1. The Morgan fingerprint density at radius 3 is 2.68 bits per heavy atom. The third-order valence-corrected chi connectivity index (χ3v) is 4.97. The number of hydrogen-bond acceptors (Lipinski definition) is 2. The van der Waals surface area contributed by atoms with E-state index in [1.165, 1.54) is 35.5 Å². The van der Waals surface area contributed by atoms with E-state index in [0.29, 0.717) is 6.04 Å². The molecule has 1 aliphatic heterocycles. The van der Waals surface area contributed by atoms with E-state index in [4.69, 9.17) is 4.99 Å². The van der Waals surface area contributed by atoms with Crippen molar-refractivity contribution in [1.82, 2.24) is 10.6 Å². The third kappa shape index (κ3) is 6.36. The molecule has 1 saturated heterocycles. The molecule has 0 spiro atoms. The lowest BCUT2D eigenvalue weighted by molar-refractivity contribution is 0.582. The molecule has 0 saturated carbocycles. The van der Waals surface area contributed by atoms with Crippen LogP contribution in [-0.2, 0) is 13.0 Å². The summed E-state index contributed by atoms with van der Waals surface area (Å²) in [7, 11) is 0. The number of thioether (sulfide) groups is 1. The molecule has 0 aliphatic carbocycles. The van der Waals surface area contributed by atoms with Gasteiger partial charge in [0.2, 0.25) is 0 Å². The van der Waals surface area contributed by atoms with Crippen molar-refractivity contribution >= 4 is 41.7 Å². The van der Waals surface area contributed by atoms with E-state index in [1.807, 2.05) is 11.8 Å². The molecule has 22 heavy (non-hydrogen) atoms. The van der Waals surface area contributed by atoms with Gasteiger partial charge in [-0.15, -0.1) is 24.0 Å². The van der Waals surface area contributed by atoms with Gasteiger partial charge >= 0.3 is 0 Å². The highest BCUT2D eigenvalue weighted by atomic mass is 127. The molecule has 1 aliphatic rings. The Kier molecular flexibility index (Phi) is 9.95. The van der Waals surface area contributed by atoms with Gasteiger partial charge in [0.25, 0.3) is 0 Å². The number of aliphatic imine (C=N–C) groups is 1. The van der Waals surface area contributed by atoms with Gasteiger partial charge in [0, 0.05) is 18.3 Å². The highest BCUT2D eigenvalue weighted by molar-refractivity contribution is 14.0. The van der Waals surface area contributed by atoms with Gasteiger partial charge in [-0.1, -0.05) is 31.2 Å². The van der Waals surface area contributed by atoms with Crippen molar-refractivity contribution in [3.8, 4) is 0 Å². The van der Waals surface area contributed by atoms with Gasteiger partial charge in [-0.25, -0.2) is 4.99 Å². The van der Waals surface area contributed by atoms with Crippen LogP contribution in [-0.4, -0.2) is 30.1 Å². The largest absolute Gasteiger partial charge is 0.357 e. The molecule has 0 bridgehead atoms. The Morgan fingerprint density at radius 2 is 2.05 bits per heavy atom. The zero-order valence-corrected chi connectivity index (χ0v) is 16.7. The maximum Gasteiger partial charge on any atom is 0.191 e. The van der Waals surface area contributed by atoms with Gasteiger partial charge in [-0.05, 0) is 43.1 Å². The van der Waals surface area contributed by atoms with E-state index < -0.39 is 0 Å². The van der Waals surface area contributed by atoms with Gasteiger partial charge in [0.1, 0.15) is 0 Å². The predicted molar refractivity (Wildman–Crippen MR) is 110 cm³/mol. The summed E-state index contributed by atoms with van der Waals surface area (Å²) in [5.41, 5.74) is 2.72. The molecule has 1 atom stereocenters. The summed E-state index contributed by atoms with van der Waals surface area (Å²) in [6.07, 6.45) is 3.62. The van der Waals surface area contributed by atoms with E-state index in [2.05, 4.69) is 48.7 Å². The summed E-state index contributed by atoms with van der Waals surface area (Å²) in [4.78, 5) is 4.77. The molecule has 1 aromatic rings. The molecule has 3 nitrogen and oxygen atoms in total. The van der Waals surface area contributed by atoms with E-state index in [0.717, 1.165) is 25.5 Å². The van der Waals surface area contributed by atoms with Crippen molar-refractivity contribution in [3.05, 3.63) is 35.4 Å². The first-order valence-corrected chi connectivity index (χ1v) is 9.18. The second-order valence-electron chi connectivity index (χ2n) is 5.38. The normalized spacial score (nSPS) is 18.5. The molecule has 1 unspecified atom stereocenters. The van der Waals surface area contributed by atoms with Crippen LogP contribution in [0.2, 0.25) is 0 Å². The predicted octanol–water partition coefficient (Wildman–Crippen LogP) is 3.82. The van der Waals surface area contributed by atoms with Crippen molar-refractivity contribution in [2.45, 2.75) is 45.7 Å². The second-order valence-corrected chi connectivity index (χ2v) is 6.53. The Hall–Kier alpha value is -0.430. The lowest BCUT2D eigenvalue weighted by Crippen LogP contribution is -2.45. The lowest BCUT2D eigenvalue weighted by atomic mass is 10.1. The fraction of sp³-hybridized carbons (Fsp3) is 0.588. The molecule has 2 rings (SSSR count). The van der Waals surface area contributed by atoms with Crippen LogP contribution in [0.4, 0.5) is 0 Å². The smallest absolute Gasteiger partial charge is 0.191 e. The number of rotatable bonds is 5. The SMILES string of the molecule is CCNC(=NCc1ccccc1CC)NC1CCCSC1.I. The Morgan fingerprint density at radius 1 is 1.27 bits per heavy atom. The standard InChI is InChI=1S/C17H27N3S.HI/c1-3-14-8-5-6-9-15(14)12-19-17(18-4-2)20-16-10-7-11-21-13-16;/h5-6,8-9,16H,3-4,7,10-13H2,1-2H3,(H2,18,19,20);1H. The quantitative estimate of drug-likeness (QED) is 0.421. The van der Waals surface area contributed by atoms with Crippen molar-refractivity contribution < 1.29 is 0 Å². The van der Waals surface area contributed by atoms with Crippen molar-refractivity contribution in [3.63, 3.8) is 0 Å². The van der Waals surface area contributed by atoms with E-state index in [-0.39, 0.29) is 24.0 Å². The maximum absolute atomic E-state index is 4.77. The molecule has 1 heterocycles. The summed E-state index contributed by atoms with van der Waals surface area (Å²) < 4.78 is 0. The van der Waals surface area contributed by atoms with Gasteiger partial charge in [-0.3, -0.25) is 0 Å². The van der Waals surface area contributed by atoms with E-state index in [1.54, 1.807) is 0 Å². The molecule has 5 heteroatoms. The van der Waals surface area contributed by atoms with Crippen molar-refractivity contribution in [1.29, 1.82) is 0 Å². The van der Waals surface area contributed by atoms with Crippen LogP contribution >= 0.6 is 35.7 Å². The number of halogens is 1. The van der Waals surface area contributed by atoms with Crippen LogP contribution in [0.1, 0.15) is 37.8 Å². The zero-order chi connectivity index (χ0) is 14.9. The molecule has 1 fully saturated rings. The average Bonchev–Trinajstić information content (AvgIpc) is 2.54. The monoisotopic (exact) mass is 433 g/mol. The van der Waals surface area contributed by atoms with Crippen LogP contribution in [0.25, 0.3) is 0 Å². The minimum atomic E-state index is 0. The molecular weight excluding hydrogens is 405 g/mol. The highest BCUT2D eigenvalue weighted by Crippen LogP contribution is 2.17. The van der Waals surface area contributed by atoms with Crippen molar-refractivity contribution in [2.24, 2.45) is 4.99 Å². The first-order chi connectivity index (χ1) is 10.3. The van der Waals surface area contributed by atoms with E-state index in [9.17, 15) is 0 Å².